The Kier molecular flexibility index (Phi) is 7.91. The van der Waals surface area contributed by atoms with E-state index in [1.165, 1.54) is 0 Å². The predicted octanol–water partition coefficient (Wildman–Crippen LogP) is 3.20. The summed E-state index contributed by atoms with van der Waals surface area (Å²) in [5.74, 6) is 0.0186. The molecule has 0 bridgehead atoms. The van der Waals surface area contributed by atoms with Gasteiger partial charge in [0.25, 0.3) is 0 Å². The fourth-order valence-electron chi connectivity index (χ4n) is 3.55. The number of aliphatic imine (C=N–C) groups is 1. The van der Waals surface area contributed by atoms with E-state index >= 15 is 0 Å². The first-order valence-corrected chi connectivity index (χ1v) is 10.6. The van der Waals surface area contributed by atoms with Crippen LogP contribution in [0.4, 0.5) is 5.69 Å². The molecular formula is C22H24BrClN4O4. The minimum absolute atomic E-state index is 0. The molecule has 3 aromatic rings. The number of aromatic hydroxyl groups is 1. The van der Waals surface area contributed by atoms with Crippen LogP contribution in [0.3, 0.4) is 0 Å². The first-order valence-electron chi connectivity index (χ1n) is 9.84. The Morgan fingerprint density at radius 1 is 1.25 bits per heavy atom. The molecule has 0 fully saturated rings. The van der Waals surface area contributed by atoms with Crippen LogP contribution in [-0.2, 0) is 4.84 Å². The predicted molar refractivity (Wildman–Crippen MR) is 131 cm³/mol. The highest BCUT2D eigenvalue weighted by Gasteiger charge is 2.29. The van der Waals surface area contributed by atoms with Crippen LogP contribution in [0.2, 0.25) is 0 Å². The van der Waals surface area contributed by atoms with Crippen molar-refractivity contribution in [3.05, 3.63) is 58.1 Å². The molecule has 0 spiro atoms. The monoisotopic (exact) mass is 522 g/mol. The molecule has 0 saturated heterocycles. The van der Waals surface area contributed by atoms with Crippen molar-refractivity contribution in [1.29, 1.82) is 0 Å². The van der Waals surface area contributed by atoms with E-state index in [9.17, 15) is 10.2 Å². The van der Waals surface area contributed by atoms with Crippen LogP contribution in [0.1, 0.15) is 11.1 Å². The van der Waals surface area contributed by atoms with E-state index in [1.54, 1.807) is 0 Å². The number of oxime groups is 1. The second-order valence-electron chi connectivity index (χ2n) is 7.39. The Hall–Kier alpha value is -2.43. The molecule has 0 amide bonds. The lowest BCUT2D eigenvalue weighted by atomic mass is 10.0. The zero-order valence-corrected chi connectivity index (χ0v) is 19.7. The number of benzene rings is 2. The zero-order chi connectivity index (χ0) is 22.0. The van der Waals surface area contributed by atoms with Gasteiger partial charge in [-0.1, -0.05) is 45.4 Å². The van der Waals surface area contributed by atoms with Crippen LogP contribution in [0.5, 0.6) is 5.88 Å². The minimum atomic E-state index is -0.790. The molecule has 8 nitrogen and oxygen atoms in total. The Bertz CT molecular complexity index is 1160. The minimum Gasteiger partial charge on any atom is -0.494 e. The van der Waals surface area contributed by atoms with E-state index in [4.69, 9.17) is 14.9 Å². The van der Waals surface area contributed by atoms with Crippen molar-refractivity contribution in [2.45, 2.75) is 6.10 Å². The summed E-state index contributed by atoms with van der Waals surface area (Å²) in [5.41, 5.74) is 4.03. The van der Waals surface area contributed by atoms with E-state index in [0.29, 0.717) is 36.7 Å². The number of nitrogens with one attached hydrogen (secondary N) is 1. The Labute approximate surface area is 199 Å². The topological polar surface area (TPSA) is 114 Å². The second-order valence-corrected chi connectivity index (χ2v) is 8.30. The standard InChI is InChI=1S/C22H23BrN4O4.ClH/c1-27(11-14(29)12-28)8-9-31-26-20-16-4-2-3-5-17(16)24-21(20)19-15-7-6-13(23)10-18(15)25-22(19)30;/h2-7,10,14,25,28-30H,8-9,11-12H2,1H3;1H/b26-20+;. The number of aromatic nitrogens is 1. The van der Waals surface area contributed by atoms with Crippen LogP contribution >= 0.6 is 28.3 Å². The molecule has 1 aliphatic rings. The van der Waals surface area contributed by atoms with Crippen molar-refractivity contribution in [3.8, 4) is 5.88 Å². The van der Waals surface area contributed by atoms with Crippen molar-refractivity contribution in [3.63, 3.8) is 0 Å². The number of fused-ring (bicyclic) bond motifs is 2. The number of halogens is 2. The van der Waals surface area contributed by atoms with Crippen LogP contribution in [-0.4, -0.2) is 76.1 Å². The number of aliphatic hydroxyl groups excluding tert-OH is 2. The molecule has 2 aromatic carbocycles. The molecule has 4 rings (SSSR count). The molecule has 1 aliphatic heterocycles. The van der Waals surface area contributed by atoms with Gasteiger partial charge in [0.05, 0.1) is 29.5 Å². The lowest BCUT2D eigenvalue weighted by molar-refractivity contribution is 0.0535. The van der Waals surface area contributed by atoms with Gasteiger partial charge in [0, 0.05) is 28.5 Å². The van der Waals surface area contributed by atoms with Crippen LogP contribution in [0, 0.1) is 0 Å². The quantitative estimate of drug-likeness (QED) is 0.267. The molecule has 2 heterocycles. The smallest absolute Gasteiger partial charge is 0.199 e. The van der Waals surface area contributed by atoms with Gasteiger partial charge in [-0.3, -0.25) is 0 Å². The molecule has 32 heavy (non-hydrogen) atoms. The molecule has 1 aromatic heterocycles. The largest absolute Gasteiger partial charge is 0.494 e. The number of likely N-dealkylation sites (N-methyl/N-ethyl adjacent to an activating group) is 1. The summed E-state index contributed by atoms with van der Waals surface area (Å²) < 4.78 is 0.900. The van der Waals surface area contributed by atoms with Gasteiger partial charge >= 0.3 is 0 Å². The van der Waals surface area contributed by atoms with E-state index in [-0.39, 0.29) is 24.9 Å². The van der Waals surface area contributed by atoms with E-state index < -0.39 is 6.10 Å². The Balaban J connectivity index is 0.00000289. The number of rotatable bonds is 8. The summed E-state index contributed by atoms with van der Waals surface area (Å²) in [6.45, 7) is 0.869. The number of H-pyrrole nitrogens is 1. The number of hydrogen-bond donors (Lipinski definition) is 4. The van der Waals surface area contributed by atoms with Crippen molar-refractivity contribution in [2.24, 2.45) is 10.1 Å². The third kappa shape index (κ3) is 4.97. The van der Waals surface area contributed by atoms with Gasteiger partial charge in [0.1, 0.15) is 18.0 Å². The van der Waals surface area contributed by atoms with E-state index in [1.807, 2.05) is 54.4 Å². The van der Waals surface area contributed by atoms with Gasteiger partial charge in [0.2, 0.25) is 0 Å². The number of para-hydroxylation sites is 1. The molecule has 0 aliphatic carbocycles. The zero-order valence-electron chi connectivity index (χ0n) is 17.3. The SMILES string of the molecule is CN(CCO/N=C1/C(c2c(O)[nH]c3cc(Br)ccc23)=Nc2ccccc21)CC(O)CO.Cl. The molecule has 1 unspecified atom stereocenters. The highest BCUT2D eigenvalue weighted by atomic mass is 79.9. The fourth-order valence-corrected chi connectivity index (χ4v) is 3.91. The fraction of sp³-hybridized carbons (Fsp3) is 0.273. The summed E-state index contributed by atoms with van der Waals surface area (Å²) >= 11 is 3.45. The molecule has 0 saturated carbocycles. The first-order chi connectivity index (χ1) is 15.0. The van der Waals surface area contributed by atoms with Gasteiger partial charge in [-0.15, -0.1) is 12.4 Å². The van der Waals surface area contributed by atoms with Gasteiger partial charge in [0.15, 0.2) is 5.88 Å². The molecule has 10 heteroatoms. The number of nitrogens with zero attached hydrogens (tertiary/aromatic N) is 3. The number of hydrogen-bond acceptors (Lipinski definition) is 7. The lowest BCUT2D eigenvalue weighted by Crippen LogP contribution is -2.33. The highest BCUT2D eigenvalue weighted by molar-refractivity contribution is 9.10. The van der Waals surface area contributed by atoms with Crippen LogP contribution in [0.15, 0.2) is 57.1 Å². The summed E-state index contributed by atoms with van der Waals surface area (Å²) in [4.78, 5) is 15.1. The maximum Gasteiger partial charge on any atom is 0.199 e. The van der Waals surface area contributed by atoms with Gasteiger partial charge in [-0.05, 0) is 25.2 Å². The Morgan fingerprint density at radius 2 is 2.03 bits per heavy atom. The van der Waals surface area contributed by atoms with Gasteiger partial charge in [-0.25, -0.2) is 4.99 Å². The maximum atomic E-state index is 10.6. The summed E-state index contributed by atoms with van der Waals surface area (Å²) in [7, 11) is 1.83. The first kappa shape index (κ1) is 24.2. The average Bonchev–Trinajstić information content (AvgIpc) is 3.26. The molecule has 1 atom stereocenters. The molecule has 0 radical (unpaired) electrons. The van der Waals surface area contributed by atoms with Crippen molar-refractivity contribution >= 4 is 56.4 Å². The molecule has 4 N–H and O–H groups in total. The summed E-state index contributed by atoms with van der Waals surface area (Å²) in [5, 5.41) is 34.3. The van der Waals surface area contributed by atoms with E-state index in [0.717, 1.165) is 26.6 Å². The van der Waals surface area contributed by atoms with Crippen molar-refractivity contribution in [1.82, 2.24) is 9.88 Å². The van der Waals surface area contributed by atoms with Crippen molar-refractivity contribution < 1.29 is 20.2 Å². The van der Waals surface area contributed by atoms with Gasteiger partial charge in [-0.2, -0.15) is 0 Å². The van der Waals surface area contributed by atoms with Crippen LogP contribution < -0.4 is 0 Å². The normalized spacial score (nSPS) is 15.0. The summed E-state index contributed by atoms with van der Waals surface area (Å²) in [6.07, 6.45) is -0.790. The lowest BCUT2D eigenvalue weighted by Gasteiger charge is -2.18. The number of aromatic amines is 1. The maximum absolute atomic E-state index is 10.6. The third-order valence-corrected chi connectivity index (χ3v) is 5.54. The molecular weight excluding hydrogens is 500 g/mol. The second kappa shape index (κ2) is 10.5. The van der Waals surface area contributed by atoms with E-state index in [2.05, 4.69) is 26.1 Å². The average molecular weight is 524 g/mol. The van der Waals surface area contributed by atoms with Crippen molar-refractivity contribution in [2.75, 3.05) is 33.4 Å². The highest BCUT2D eigenvalue weighted by Crippen LogP contribution is 2.36. The van der Waals surface area contributed by atoms with Crippen LogP contribution in [0.25, 0.3) is 10.9 Å². The molecule has 170 valence electrons. The third-order valence-electron chi connectivity index (χ3n) is 5.05. The summed E-state index contributed by atoms with van der Waals surface area (Å²) in [6, 6.07) is 13.3. The van der Waals surface area contributed by atoms with Gasteiger partial charge < -0.3 is 30.0 Å². The number of aliphatic hydroxyl groups is 2. The Morgan fingerprint density at radius 3 is 2.81 bits per heavy atom.